The molecule has 0 radical (unpaired) electrons. The Morgan fingerprint density at radius 2 is 1.94 bits per heavy atom. The summed E-state index contributed by atoms with van der Waals surface area (Å²) < 4.78 is 41.4. The van der Waals surface area contributed by atoms with Gasteiger partial charge in [0.1, 0.15) is 10.7 Å². The van der Waals surface area contributed by atoms with Crippen molar-refractivity contribution in [2.45, 2.75) is 65.6 Å². The largest absolute Gasteiger partial charge is 0.416 e. The van der Waals surface area contributed by atoms with Gasteiger partial charge in [-0.15, -0.1) is 0 Å². The van der Waals surface area contributed by atoms with Crippen LogP contribution < -0.4 is 15.1 Å². The molecule has 0 bridgehead atoms. The van der Waals surface area contributed by atoms with E-state index in [1.807, 2.05) is 27.7 Å². The summed E-state index contributed by atoms with van der Waals surface area (Å²) in [6.07, 6.45) is -2.99. The molecule has 0 aliphatic heterocycles. The molecule has 0 aliphatic rings. The molecule has 0 aliphatic carbocycles. The molecular formula is C22H27F3N4O3S. The van der Waals surface area contributed by atoms with Crippen molar-refractivity contribution >= 4 is 23.0 Å². The van der Waals surface area contributed by atoms with Crippen LogP contribution in [0.4, 0.5) is 13.2 Å². The average Bonchev–Trinajstić information content (AvgIpc) is 3.12. The van der Waals surface area contributed by atoms with Crippen molar-refractivity contribution < 1.29 is 27.6 Å². The molecule has 11 heteroatoms. The predicted molar refractivity (Wildman–Crippen MR) is 119 cm³/mol. The van der Waals surface area contributed by atoms with Crippen molar-refractivity contribution in [3.05, 3.63) is 51.4 Å². The number of Topliss-reactive ketones (excluding diaryl/α,β-unsaturated/α-hetero) is 1. The van der Waals surface area contributed by atoms with Gasteiger partial charge in [-0.05, 0) is 24.6 Å². The van der Waals surface area contributed by atoms with E-state index >= 15 is 0 Å². The van der Waals surface area contributed by atoms with Crippen molar-refractivity contribution in [3.8, 4) is 5.75 Å². The lowest BCUT2D eigenvalue weighted by molar-refractivity contribution is -0.137. The van der Waals surface area contributed by atoms with Gasteiger partial charge in [-0.2, -0.15) is 23.3 Å². The van der Waals surface area contributed by atoms with E-state index in [2.05, 4.69) is 22.2 Å². The number of hydroxylamine groups is 1. The number of rotatable bonds is 8. The molecular weight excluding hydrogens is 457 g/mol. The summed E-state index contributed by atoms with van der Waals surface area (Å²) in [5.41, 5.74) is 0.380. The second kappa shape index (κ2) is 10.3. The number of amides is 1. The summed E-state index contributed by atoms with van der Waals surface area (Å²) in [7, 11) is 0. The minimum Gasteiger partial charge on any atom is -0.381 e. The summed E-state index contributed by atoms with van der Waals surface area (Å²) >= 11 is 1.20. The second-order valence-electron chi connectivity index (χ2n) is 8.38. The van der Waals surface area contributed by atoms with Gasteiger partial charge in [0.05, 0.1) is 11.1 Å². The van der Waals surface area contributed by atoms with Crippen LogP contribution >= 0.6 is 11.3 Å². The molecule has 1 aromatic carbocycles. The number of benzene rings is 1. The summed E-state index contributed by atoms with van der Waals surface area (Å²) in [5.74, 6) is -1.59. The Kier molecular flexibility index (Phi) is 8.23. The predicted octanol–water partition coefficient (Wildman–Crippen LogP) is 4.79. The maximum Gasteiger partial charge on any atom is 0.416 e. The SMILES string of the molecule is C=C(NOc1ccc(C(F)(F)F)cc1C(=O)N=c1sc(C(C)(C)C)nn1CCCC)C(C)=O. The zero-order chi connectivity index (χ0) is 25.0. The van der Waals surface area contributed by atoms with Crippen LogP contribution in [-0.2, 0) is 22.9 Å². The normalized spacial score (nSPS) is 12.5. The van der Waals surface area contributed by atoms with Gasteiger partial charge in [-0.25, -0.2) is 10.2 Å². The van der Waals surface area contributed by atoms with Crippen LogP contribution in [0.15, 0.2) is 35.5 Å². The summed E-state index contributed by atoms with van der Waals surface area (Å²) in [6, 6.07) is 2.43. The van der Waals surface area contributed by atoms with E-state index in [9.17, 15) is 22.8 Å². The third-order valence-electron chi connectivity index (χ3n) is 4.43. The van der Waals surface area contributed by atoms with Crippen LogP contribution in [0.3, 0.4) is 0 Å². The highest BCUT2D eigenvalue weighted by molar-refractivity contribution is 7.09. The fourth-order valence-corrected chi connectivity index (χ4v) is 3.43. The number of hydrogen-bond donors (Lipinski definition) is 1. The number of aryl methyl sites for hydroxylation is 1. The molecule has 0 saturated carbocycles. The number of carbonyl (C=O) groups is 2. The van der Waals surface area contributed by atoms with Gasteiger partial charge in [0.15, 0.2) is 11.5 Å². The van der Waals surface area contributed by atoms with Crippen LogP contribution in [0.2, 0.25) is 0 Å². The van der Waals surface area contributed by atoms with Crippen molar-refractivity contribution in [1.82, 2.24) is 15.3 Å². The van der Waals surface area contributed by atoms with Gasteiger partial charge in [0.25, 0.3) is 5.91 Å². The topological polar surface area (TPSA) is 85.6 Å². The Labute approximate surface area is 193 Å². The van der Waals surface area contributed by atoms with Gasteiger partial charge >= 0.3 is 6.18 Å². The van der Waals surface area contributed by atoms with E-state index < -0.39 is 29.0 Å². The Morgan fingerprint density at radius 1 is 1.27 bits per heavy atom. The molecule has 0 spiro atoms. The Hall–Kier alpha value is -2.95. The van der Waals surface area contributed by atoms with Crippen LogP contribution in [0.1, 0.15) is 68.4 Å². The lowest BCUT2D eigenvalue weighted by Gasteiger charge is -2.13. The molecule has 1 amide bonds. The smallest absolute Gasteiger partial charge is 0.381 e. The number of allylic oxidation sites excluding steroid dienone is 1. The lowest BCUT2D eigenvalue weighted by atomic mass is 9.98. The summed E-state index contributed by atoms with van der Waals surface area (Å²) in [4.78, 5) is 33.9. The standard InChI is InChI=1S/C22H27F3N4O3S/c1-7-8-11-29-20(33-19(27-29)21(4,5)6)26-18(31)16-12-15(22(23,24)25)9-10-17(16)32-28-13(2)14(3)30/h9-10,12,28H,2,7-8,11H2,1,3-6H3. The molecule has 1 heterocycles. The van der Waals surface area contributed by atoms with E-state index in [1.165, 1.54) is 18.3 Å². The summed E-state index contributed by atoms with van der Waals surface area (Å²) in [6.45, 7) is 13.1. The van der Waals surface area contributed by atoms with Crippen LogP contribution in [0.5, 0.6) is 5.75 Å². The number of alkyl halides is 3. The molecule has 7 nitrogen and oxygen atoms in total. The first-order chi connectivity index (χ1) is 15.2. The van der Waals surface area contributed by atoms with Crippen molar-refractivity contribution in [1.29, 1.82) is 0 Å². The third kappa shape index (κ3) is 7.01. The molecule has 0 atom stereocenters. The van der Waals surface area contributed by atoms with E-state index in [-0.39, 0.29) is 21.7 Å². The number of hydrogen-bond acceptors (Lipinski definition) is 6. The average molecular weight is 485 g/mol. The van der Waals surface area contributed by atoms with E-state index in [4.69, 9.17) is 4.84 Å². The number of aromatic nitrogens is 2. The number of unbranched alkanes of at least 4 members (excludes halogenated alkanes) is 1. The first kappa shape index (κ1) is 26.3. The molecule has 0 unspecified atom stereocenters. The zero-order valence-electron chi connectivity index (χ0n) is 19.2. The van der Waals surface area contributed by atoms with Crippen LogP contribution in [0, 0.1) is 0 Å². The first-order valence-corrected chi connectivity index (χ1v) is 11.1. The highest BCUT2D eigenvalue weighted by Gasteiger charge is 2.32. The quantitative estimate of drug-likeness (QED) is 0.430. The third-order valence-corrected chi connectivity index (χ3v) is 5.80. The zero-order valence-corrected chi connectivity index (χ0v) is 20.0. The molecule has 0 saturated heterocycles. The molecule has 1 N–H and O–H groups in total. The van der Waals surface area contributed by atoms with Gasteiger partial charge in [0, 0.05) is 18.9 Å². The number of nitrogens with one attached hydrogen (secondary N) is 1. The molecule has 0 fully saturated rings. The maximum absolute atomic E-state index is 13.3. The lowest BCUT2D eigenvalue weighted by Crippen LogP contribution is -2.23. The fourth-order valence-electron chi connectivity index (χ4n) is 2.45. The minimum absolute atomic E-state index is 0.125. The van der Waals surface area contributed by atoms with Crippen molar-refractivity contribution in [2.75, 3.05) is 0 Å². The second-order valence-corrected chi connectivity index (χ2v) is 9.34. The minimum atomic E-state index is -4.67. The Balaban J connectivity index is 2.56. The number of nitrogens with zero attached hydrogens (tertiary/aromatic N) is 3. The van der Waals surface area contributed by atoms with Gasteiger partial charge in [0.2, 0.25) is 4.80 Å². The first-order valence-electron chi connectivity index (χ1n) is 10.3. The number of ketones is 1. The van der Waals surface area contributed by atoms with Crippen molar-refractivity contribution in [3.63, 3.8) is 0 Å². The number of carbonyl (C=O) groups excluding carboxylic acids is 2. The van der Waals surface area contributed by atoms with Gasteiger partial charge < -0.3 is 4.84 Å². The molecule has 2 rings (SSSR count). The highest BCUT2D eigenvalue weighted by atomic mass is 32.1. The molecule has 1 aromatic heterocycles. The van der Waals surface area contributed by atoms with Crippen LogP contribution in [-0.4, -0.2) is 21.5 Å². The van der Waals surface area contributed by atoms with Gasteiger partial charge in [-0.1, -0.05) is 52.0 Å². The Bertz CT molecular complexity index is 1110. The molecule has 2 aromatic rings. The van der Waals surface area contributed by atoms with Crippen LogP contribution in [0.25, 0.3) is 0 Å². The molecule has 180 valence electrons. The molecule has 33 heavy (non-hydrogen) atoms. The van der Waals surface area contributed by atoms with E-state index in [0.717, 1.165) is 30.0 Å². The van der Waals surface area contributed by atoms with Gasteiger partial charge in [-0.3, -0.25) is 9.59 Å². The monoisotopic (exact) mass is 484 g/mol. The fraction of sp³-hybridized carbons (Fsp3) is 0.455. The summed E-state index contributed by atoms with van der Waals surface area (Å²) in [5, 5.41) is 5.28. The van der Waals surface area contributed by atoms with E-state index in [1.54, 1.807) is 4.68 Å². The number of halogens is 3. The van der Waals surface area contributed by atoms with E-state index in [0.29, 0.717) is 12.6 Å². The Morgan fingerprint density at radius 3 is 2.48 bits per heavy atom. The van der Waals surface area contributed by atoms with Crippen molar-refractivity contribution in [2.24, 2.45) is 4.99 Å². The highest BCUT2D eigenvalue weighted by Crippen LogP contribution is 2.33. The maximum atomic E-state index is 13.3.